The van der Waals surface area contributed by atoms with Gasteiger partial charge in [-0.3, -0.25) is 4.68 Å². The monoisotopic (exact) mass is 358 g/mol. The van der Waals surface area contributed by atoms with Gasteiger partial charge < -0.3 is 10.6 Å². The van der Waals surface area contributed by atoms with Gasteiger partial charge in [0.2, 0.25) is 0 Å². The molecule has 0 aliphatic heterocycles. The van der Waals surface area contributed by atoms with Crippen molar-refractivity contribution in [1.82, 2.24) is 20.4 Å². The van der Waals surface area contributed by atoms with E-state index < -0.39 is 12.7 Å². The van der Waals surface area contributed by atoms with Gasteiger partial charge >= 0.3 is 12.2 Å². The molecule has 25 heavy (non-hydrogen) atoms. The molecule has 3 rings (SSSR count). The molecule has 5 nitrogen and oxygen atoms in total. The SMILES string of the molecule is O=C(NCc1cnn(CC(F)(F)F)c1)NC(C1CCCC1)C1CCC1. The van der Waals surface area contributed by atoms with Crippen LogP contribution in [0.25, 0.3) is 0 Å². The summed E-state index contributed by atoms with van der Waals surface area (Å²) >= 11 is 0. The van der Waals surface area contributed by atoms with Gasteiger partial charge in [-0.1, -0.05) is 19.3 Å². The summed E-state index contributed by atoms with van der Waals surface area (Å²) in [4.78, 5) is 12.2. The fourth-order valence-electron chi connectivity index (χ4n) is 3.89. The van der Waals surface area contributed by atoms with Crippen LogP contribution < -0.4 is 10.6 Å². The van der Waals surface area contributed by atoms with Crippen molar-refractivity contribution in [3.63, 3.8) is 0 Å². The van der Waals surface area contributed by atoms with Crippen molar-refractivity contribution in [1.29, 1.82) is 0 Å². The van der Waals surface area contributed by atoms with Gasteiger partial charge in [-0.05, 0) is 37.5 Å². The van der Waals surface area contributed by atoms with E-state index >= 15 is 0 Å². The maximum atomic E-state index is 12.3. The Labute approximate surface area is 145 Å². The number of aromatic nitrogens is 2. The molecule has 8 heteroatoms. The summed E-state index contributed by atoms with van der Waals surface area (Å²) in [5, 5.41) is 9.55. The molecule has 2 N–H and O–H groups in total. The highest BCUT2D eigenvalue weighted by Gasteiger charge is 2.35. The van der Waals surface area contributed by atoms with Crippen LogP contribution in [0, 0.1) is 11.8 Å². The molecule has 2 amide bonds. The minimum absolute atomic E-state index is 0.172. The van der Waals surface area contributed by atoms with Crippen LogP contribution in [0.15, 0.2) is 12.4 Å². The van der Waals surface area contributed by atoms with E-state index in [2.05, 4.69) is 15.7 Å². The zero-order valence-electron chi connectivity index (χ0n) is 14.2. The van der Waals surface area contributed by atoms with Crippen molar-refractivity contribution in [2.75, 3.05) is 0 Å². The molecular weight excluding hydrogens is 333 g/mol. The number of hydrogen-bond acceptors (Lipinski definition) is 2. The Kier molecular flexibility index (Phi) is 5.54. The Balaban J connectivity index is 1.48. The fourth-order valence-corrected chi connectivity index (χ4v) is 3.89. The molecule has 2 fully saturated rings. The maximum Gasteiger partial charge on any atom is 0.408 e. The van der Waals surface area contributed by atoms with Crippen molar-refractivity contribution in [2.45, 2.75) is 70.3 Å². The number of amides is 2. The number of urea groups is 1. The second-order valence-electron chi connectivity index (χ2n) is 7.25. The second-order valence-corrected chi connectivity index (χ2v) is 7.25. The number of rotatable bonds is 6. The molecular formula is C17H25F3N4O. The summed E-state index contributed by atoms with van der Waals surface area (Å²) in [6.07, 6.45) is 6.75. The van der Waals surface area contributed by atoms with Crippen LogP contribution in [0.2, 0.25) is 0 Å². The molecule has 2 aliphatic carbocycles. The standard InChI is InChI=1S/C17H25F3N4O/c18-17(19,20)11-24-10-12(9-22-24)8-21-16(25)23-15(14-6-3-7-14)13-4-1-2-5-13/h9-10,13-15H,1-8,11H2,(H2,21,23,25). The zero-order valence-corrected chi connectivity index (χ0v) is 14.2. The largest absolute Gasteiger partial charge is 0.408 e. The Hall–Kier alpha value is -1.73. The molecule has 0 spiro atoms. The van der Waals surface area contributed by atoms with Crippen molar-refractivity contribution in [2.24, 2.45) is 11.8 Å². The van der Waals surface area contributed by atoms with E-state index in [0.29, 0.717) is 17.4 Å². The third kappa shape index (κ3) is 5.12. The molecule has 1 heterocycles. The van der Waals surface area contributed by atoms with Crippen LogP contribution in [0.4, 0.5) is 18.0 Å². The predicted octanol–water partition coefficient (Wildman–Crippen LogP) is 3.60. The molecule has 140 valence electrons. The highest BCUT2D eigenvalue weighted by molar-refractivity contribution is 5.74. The fraction of sp³-hybridized carbons (Fsp3) is 0.765. The van der Waals surface area contributed by atoms with E-state index in [1.54, 1.807) is 0 Å². The molecule has 2 saturated carbocycles. The second kappa shape index (κ2) is 7.66. The zero-order chi connectivity index (χ0) is 17.9. The average Bonchev–Trinajstić information content (AvgIpc) is 3.12. The molecule has 1 unspecified atom stereocenters. The molecule has 1 atom stereocenters. The average molecular weight is 358 g/mol. The van der Waals surface area contributed by atoms with E-state index in [1.165, 1.54) is 57.3 Å². The Morgan fingerprint density at radius 2 is 1.84 bits per heavy atom. The lowest BCUT2D eigenvalue weighted by Crippen LogP contribution is -2.50. The predicted molar refractivity (Wildman–Crippen MR) is 86.7 cm³/mol. The van der Waals surface area contributed by atoms with Crippen molar-refractivity contribution < 1.29 is 18.0 Å². The van der Waals surface area contributed by atoms with Gasteiger partial charge in [0.1, 0.15) is 6.54 Å². The molecule has 0 radical (unpaired) electrons. The van der Waals surface area contributed by atoms with Gasteiger partial charge in [0, 0.05) is 24.3 Å². The van der Waals surface area contributed by atoms with Gasteiger partial charge in [-0.25, -0.2) is 4.79 Å². The third-order valence-corrected chi connectivity index (χ3v) is 5.34. The molecule has 1 aromatic rings. The van der Waals surface area contributed by atoms with Crippen molar-refractivity contribution in [3.8, 4) is 0 Å². The summed E-state index contributed by atoms with van der Waals surface area (Å²) < 4.78 is 37.8. The number of halogens is 3. The number of nitrogens with zero attached hydrogens (tertiary/aromatic N) is 2. The molecule has 0 saturated heterocycles. The molecule has 0 bridgehead atoms. The third-order valence-electron chi connectivity index (χ3n) is 5.34. The normalized spacial score (nSPS) is 20.3. The summed E-state index contributed by atoms with van der Waals surface area (Å²) in [6, 6.07) is -0.0171. The maximum absolute atomic E-state index is 12.3. The first-order valence-electron chi connectivity index (χ1n) is 9.03. The minimum atomic E-state index is -4.30. The quantitative estimate of drug-likeness (QED) is 0.816. The smallest absolute Gasteiger partial charge is 0.335 e. The number of nitrogens with one attached hydrogen (secondary N) is 2. The van der Waals surface area contributed by atoms with Crippen LogP contribution >= 0.6 is 0 Å². The molecule has 0 aromatic carbocycles. The van der Waals surface area contributed by atoms with Crippen LogP contribution in [0.5, 0.6) is 0 Å². The van der Waals surface area contributed by atoms with E-state index in [9.17, 15) is 18.0 Å². The van der Waals surface area contributed by atoms with Crippen LogP contribution in [0.1, 0.15) is 50.5 Å². The number of carbonyl (C=O) groups excluding carboxylic acids is 1. The number of hydrogen-bond donors (Lipinski definition) is 2. The first kappa shape index (κ1) is 18.1. The van der Waals surface area contributed by atoms with Gasteiger partial charge in [0.05, 0.1) is 6.20 Å². The Morgan fingerprint density at radius 3 is 2.40 bits per heavy atom. The molecule has 2 aliphatic rings. The Bertz CT molecular complexity index is 577. The van der Waals surface area contributed by atoms with Crippen LogP contribution in [-0.2, 0) is 13.1 Å². The molecule has 1 aromatic heterocycles. The summed E-state index contributed by atoms with van der Waals surface area (Å²) in [7, 11) is 0. The van der Waals surface area contributed by atoms with E-state index in [0.717, 1.165) is 4.68 Å². The van der Waals surface area contributed by atoms with E-state index in [1.807, 2.05) is 0 Å². The highest BCUT2D eigenvalue weighted by Crippen LogP contribution is 2.38. The van der Waals surface area contributed by atoms with Crippen molar-refractivity contribution >= 4 is 6.03 Å². The van der Waals surface area contributed by atoms with Gasteiger partial charge in [-0.2, -0.15) is 18.3 Å². The van der Waals surface area contributed by atoms with Crippen molar-refractivity contribution in [3.05, 3.63) is 18.0 Å². The summed E-state index contributed by atoms with van der Waals surface area (Å²) in [6.45, 7) is -0.948. The lowest BCUT2D eigenvalue weighted by atomic mass is 9.74. The lowest BCUT2D eigenvalue weighted by molar-refractivity contribution is -0.142. The topological polar surface area (TPSA) is 59.0 Å². The number of alkyl halides is 3. The van der Waals surface area contributed by atoms with Gasteiger partial charge in [0.25, 0.3) is 0 Å². The lowest BCUT2D eigenvalue weighted by Gasteiger charge is -2.37. The Morgan fingerprint density at radius 1 is 1.20 bits per heavy atom. The van der Waals surface area contributed by atoms with Crippen LogP contribution in [0.3, 0.4) is 0 Å². The van der Waals surface area contributed by atoms with Gasteiger partial charge in [0.15, 0.2) is 0 Å². The van der Waals surface area contributed by atoms with E-state index in [4.69, 9.17) is 0 Å². The summed E-state index contributed by atoms with van der Waals surface area (Å²) in [5.41, 5.74) is 0.556. The van der Waals surface area contributed by atoms with E-state index in [-0.39, 0.29) is 18.6 Å². The summed E-state index contributed by atoms with van der Waals surface area (Å²) in [5.74, 6) is 1.13. The van der Waals surface area contributed by atoms with Crippen LogP contribution in [-0.4, -0.2) is 28.0 Å². The van der Waals surface area contributed by atoms with Gasteiger partial charge in [-0.15, -0.1) is 0 Å². The number of carbonyl (C=O) groups is 1. The first-order valence-corrected chi connectivity index (χ1v) is 9.03. The highest BCUT2D eigenvalue weighted by atomic mass is 19.4. The first-order chi connectivity index (χ1) is 11.9. The minimum Gasteiger partial charge on any atom is -0.335 e.